The number of hydrogen-bond donors (Lipinski definition) is 1. The van der Waals surface area contributed by atoms with E-state index in [-0.39, 0.29) is 12.2 Å². The molecule has 1 unspecified atom stereocenters. The van der Waals surface area contributed by atoms with Crippen LogP contribution in [0.2, 0.25) is 0 Å². The van der Waals surface area contributed by atoms with E-state index in [1.54, 1.807) is 18.2 Å². The van der Waals surface area contributed by atoms with Crippen molar-refractivity contribution in [3.63, 3.8) is 0 Å². The number of primary amides is 1. The van der Waals surface area contributed by atoms with Gasteiger partial charge in [-0.05, 0) is 24.1 Å². The van der Waals surface area contributed by atoms with Crippen LogP contribution in [-0.2, 0) is 16.0 Å². The van der Waals surface area contributed by atoms with E-state index in [0.29, 0.717) is 11.3 Å². The molecule has 3 rings (SSSR count). The van der Waals surface area contributed by atoms with Crippen LogP contribution in [0.3, 0.4) is 0 Å². The van der Waals surface area contributed by atoms with Crippen molar-refractivity contribution in [2.24, 2.45) is 5.73 Å². The molecule has 2 N–H and O–H groups in total. The Labute approximate surface area is 133 Å². The van der Waals surface area contributed by atoms with E-state index in [1.807, 2.05) is 37.3 Å². The van der Waals surface area contributed by atoms with Crippen molar-refractivity contribution in [2.75, 3.05) is 4.90 Å². The molecule has 116 valence electrons. The van der Waals surface area contributed by atoms with Gasteiger partial charge in [-0.15, -0.1) is 0 Å². The summed E-state index contributed by atoms with van der Waals surface area (Å²) in [7, 11) is 0. The van der Waals surface area contributed by atoms with E-state index in [9.17, 15) is 14.4 Å². The standard InChI is InChI=1S/C18H16N2O3/c1-11-7-8-14-13(9-11)16(17(22)20(14)18(19)23)15(21)10-12-5-3-2-4-6-12/h2-9,16H,10H2,1H3,(H2,19,23). The highest BCUT2D eigenvalue weighted by Gasteiger charge is 2.43. The summed E-state index contributed by atoms with van der Waals surface area (Å²) in [6, 6.07) is 13.6. The molecule has 3 amide bonds. The molecule has 0 saturated heterocycles. The van der Waals surface area contributed by atoms with Crippen molar-refractivity contribution in [1.82, 2.24) is 0 Å². The summed E-state index contributed by atoms with van der Waals surface area (Å²) in [6.07, 6.45) is 0.136. The lowest BCUT2D eigenvalue weighted by Gasteiger charge is -2.12. The van der Waals surface area contributed by atoms with Crippen LogP contribution in [0.5, 0.6) is 0 Å². The van der Waals surface area contributed by atoms with Gasteiger partial charge in [0.2, 0.25) is 5.91 Å². The van der Waals surface area contributed by atoms with Crippen LogP contribution in [0, 0.1) is 6.92 Å². The smallest absolute Gasteiger partial charge is 0.326 e. The fourth-order valence-electron chi connectivity index (χ4n) is 2.93. The molecular weight excluding hydrogens is 292 g/mol. The Morgan fingerprint density at radius 2 is 1.83 bits per heavy atom. The number of carbonyl (C=O) groups is 3. The Balaban J connectivity index is 1.99. The Kier molecular flexibility index (Phi) is 3.70. The molecule has 0 aromatic heterocycles. The first-order valence-electron chi connectivity index (χ1n) is 7.29. The van der Waals surface area contributed by atoms with Crippen LogP contribution in [-0.4, -0.2) is 17.7 Å². The van der Waals surface area contributed by atoms with E-state index in [1.165, 1.54) is 0 Å². The molecule has 2 aromatic carbocycles. The fourth-order valence-corrected chi connectivity index (χ4v) is 2.93. The van der Waals surface area contributed by atoms with Crippen molar-refractivity contribution in [1.29, 1.82) is 0 Å². The monoisotopic (exact) mass is 308 g/mol. The molecule has 0 fully saturated rings. The van der Waals surface area contributed by atoms with Gasteiger partial charge >= 0.3 is 6.03 Å². The Morgan fingerprint density at radius 1 is 1.13 bits per heavy atom. The van der Waals surface area contributed by atoms with Crippen LogP contribution in [0.1, 0.15) is 22.6 Å². The van der Waals surface area contributed by atoms with E-state index in [2.05, 4.69) is 0 Å². The topological polar surface area (TPSA) is 80.5 Å². The van der Waals surface area contributed by atoms with Crippen LogP contribution in [0.15, 0.2) is 48.5 Å². The van der Waals surface area contributed by atoms with Gasteiger partial charge in [-0.25, -0.2) is 9.69 Å². The van der Waals surface area contributed by atoms with Gasteiger partial charge in [-0.1, -0.05) is 48.0 Å². The second kappa shape index (κ2) is 5.68. The van der Waals surface area contributed by atoms with Gasteiger partial charge in [0.1, 0.15) is 5.92 Å². The highest BCUT2D eigenvalue weighted by Crippen LogP contribution is 2.38. The molecule has 23 heavy (non-hydrogen) atoms. The SMILES string of the molecule is Cc1ccc2c(c1)C(C(=O)Cc1ccccc1)C(=O)N2C(N)=O. The number of carbonyl (C=O) groups excluding carboxylic acids is 3. The van der Waals surface area contributed by atoms with Crippen molar-refractivity contribution in [3.05, 3.63) is 65.2 Å². The number of nitrogens with two attached hydrogens (primary N) is 1. The first-order valence-corrected chi connectivity index (χ1v) is 7.29. The number of hydrogen-bond acceptors (Lipinski definition) is 3. The average Bonchev–Trinajstić information content (AvgIpc) is 2.79. The number of imide groups is 1. The Bertz CT molecular complexity index is 799. The van der Waals surface area contributed by atoms with Crippen LogP contribution >= 0.6 is 0 Å². The van der Waals surface area contributed by atoms with Gasteiger partial charge in [-0.2, -0.15) is 0 Å². The molecule has 0 aliphatic carbocycles. The zero-order chi connectivity index (χ0) is 16.6. The number of aryl methyl sites for hydroxylation is 1. The average molecular weight is 308 g/mol. The van der Waals surface area contributed by atoms with Crippen LogP contribution in [0.25, 0.3) is 0 Å². The highest BCUT2D eigenvalue weighted by molar-refractivity contribution is 6.27. The van der Waals surface area contributed by atoms with Gasteiger partial charge in [0, 0.05) is 6.42 Å². The number of nitrogens with zero attached hydrogens (tertiary/aromatic N) is 1. The van der Waals surface area contributed by atoms with Crippen molar-refractivity contribution >= 4 is 23.4 Å². The van der Waals surface area contributed by atoms with Crippen LogP contribution < -0.4 is 10.6 Å². The van der Waals surface area contributed by atoms with E-state index in [0.717, 1.165) is 16.0 Å². The van der Waals surface area contributed by atoms with Gasteiger partial charge in [0.15, 0.2) is 5.78 Å². The number of benzene rings is 2. The van der Waals surface area contributed by atoms with Crippen molar-refractivity contribution in [2.45, 2.75) is 19.3 Å². The molecule has 0 spiro atoms. The summed E-state index contributed by atoms with van der Waals surface area (Å²) in [4.78, 5) is 37.7. The zero-order valence-corrected chi connectivity index (χ0v) is 12.7. The van der Waals surface area contributed by atoms with Gasteiger partial charge in [0.25, 0.3) is 0 Å². The lowest BCUT2D eigenvalue weighted by molar-refractivity contribution is -0.127. The molecule has 5 heteroatoms. The van der Waals surface area contributed by atoms with E-state index >= 15 is 0 Å². The molecule has 0 saturated carbocycles. The summed E-state index contributed by atoms with van der Waals surface area (Å²) < 4.78 is 0. The third-order valence-corrected chi connectivity index (χ3v) is 3.97. The molecule has 0 bridgehead atoms. The maximum Gasteiger partial charge on any atom is 0.326 e. The Hall–Kier alpha value is -2.95. The normalized spacial score (nSPS) is 16.3. The third-order valence-electron chi connectivity index (χ3n) is 3.97. The first kappa shape index (κ1) is 15.0. The lowest BCUT2D eigenvalue weighted by atomic mass is 9.91. The summed E-state index contributed by atoms with van der Waals surface area (Å²) in [5, 5.41) is 0. The molecule has 2 aromatic rings. The second-order valence-corrected chi connectivity index (χ2v) is 5.64. The zero-order valence-electron chi connectivity index (χ0n) is 12.7. The number of fused-ring (bicyclic) bond motifs is 1. The largest absolute Gasteiger partial charge is 0.351 e. The quantitative estimate of drug-likeness (QED) is 0.884. The number of anilines is 1. The van der Waals surface area contributed by atoms with E-state index < -0.39 is 17.9 Å². The molecular formula is C18H16N2O3. The molecule has 0 radical (unpaired) electrons. The molecule has 1 atom stereocenters. The second-order valence-electron chi connectivity index (χ2n) is 5.64. The number of ketones is 1. The number of urea groups is 1. The summed E-state index contributed by atoms with van der Waals surface area (Å²) in [5.74, 6) is -1.78. The number of Topliss-reactive ketones (excluding diaryl/α,β-unsaturated/α-hetero) is 1. The highest BCUT2D eigenvalue weighted by atomic mass is 16.2. The molecule has 1 aliphatic rings. The van der Waals surface area contributed by atoms with Gasteiger partial charge < -0.3 is 5.73 Å². The summed E-state index contributed by atoms with van der Waals surface area (Å²) in [6.45, 7) is 1.87. The number of rotatable bonds is 3. The summed E-state index contributed by atoms with van der Waals surface area (Å²) in [5.41, 5.74) is 8.01. The van der Waals surface area contributed by atoms with Gasteiger partial charge in [-0.3, -0.25) is 9.59 Å². The third kappa shape index (κ3) is 2.61. The maximum absolute atomic E-state index is 12.7. The predicted octanol–water partition coefficient (Wildman–Crippen LogP) is 2.32. The van der Waals surface area contributed by atoms with Crippen molar-refractivity contribution in [3.8, 4) is 0 Å². The minimum atomic E-state index is -0.974. The van der Waals surface area contributed by atoms with Gasteiger partial charge in [0.05, 0.1) is 5.69 Å². The van der Waals surface area contributed by atoms with E-state index in [4.69, 9.17) is 5.73 Å². The molecule has 1 heterocycles. The summed E-state index contributed by atoms with van der Waals surface area (Å²) >= 11 is 0. The molecule has 5 nitrogen and oxygen atoms in total. The maximum atomic E-state index is 12.7. The van der Waals surface area contributed by atoms with Crippen LogP contribution in [0.4, 0.5) is 10.5 Å². The predicted molar refractivity (Wildman–Crippen MR) is 86.1 cm³/mol. The van der Waals surface area contributed by atoms with Crippen molar-refractivity contribution < 1.29 is 14.4 Å². The number of amides is 3. The fraction of sp³-hybridized carbons (Fsp3) is 0.167. The Morgan fingerprint density at radius 3 is 2.48 bits per heavy atom. The first-order chi connectivity index (χ1) is 11.0. The minimum absolute atomic E-state index is 0.136. The molecule has 1 aliphatic heterocycles. The lowest BCUT2D eigenvalue weighted by Crippen LogP contribution is -2.40. The minimum Gasteiger partial charge on any atom is -0.351 e.